The van der Waals surface area contributed by atoms with Crippen molar-refractivity contribution >= 4 is 0 Å². The number of alkyl halides is 6. The monoisotopic (exact) mass is 182 g/mol. The molecule has 0 aliphatic rings. The van der Waals surface area contributed by atoms with Crippen LogP contribution < -0.4 is 0 Å². The van der Waals surface area contributed by atoms with Crippen molar-refractivity contribution < 1.29 is 31.4 Å². The first-order valence-electron chi connectivity index (χ1n) is 2.44. The van der Waals surface area contributed by atoms with E-state index in [1.807, 2.05) is 0 Å². The first-order valence-corrected chi connectivity index (χ1v) is 2.44. The second-order valence-corrected chi connectivity index (χ2v) is 1.77. The van der Waals surface area contributed by atoms with Crippen LogP contribution in [0.25, 0.3) is 0 Å². The van der Waals surface area contributed by atoms with E-state index in [0.717, 1.165) is 0 Å². The number of hydrogen-bond donors (Lipinski definition) is 1. The molecule has 0 aromatic heterocycles. The van der Waals surface area contributed by atoms with Gasteiger partial charge in [0.25, 0.3) is 6.43 Å². The smallest absolute Gasteiger partial charge is 0.381 e. The van der Waals surface area contributed by atoms with Crippen LogP contribution in [0.15, 0.2) is 0 Å². The molecule has 2 atom stereocenters. The molecule has 1 N–H and O–H groups in total. The van der Waals surface area contributed by atoms with Crippen molar-refractivity contribution in [2.75, 3.05) is 0 Å². The number of hydrogen-bond acceptors (Lipinski definition) is 1. The zero-order valence-corrected chi connectivity index (χ0v) is 4.95. The fraction of sp³-hybridized carbons (Fsp3) is 1.00. The average Bonchev–Trinajstić information content (AvgIpc) is 1.82. The Hall–Kier alpha value is -0.460. The van der Waals surface area contributed by atoms with Crippen molar-refractivity contribution in [1.82, 2.24) is 0 Å². The number of rotatable bonds is 2. The Kier molecular flexibility index (Phi) is 3.15. The van der Waals surface area contributed by atoms with E-state index in [-0.39, 0.29) is 0 Å². The summed E-state index contributed by atoms with van der Waals surface area (Å²) in [6, 6.07) is 0. The highest BCUT2D eigenvalue weighted by atomic mass is 19.4. The SMILES string of the molecule is OC(C(F)C(F)F)C(F)(F)F. The molecule has 0 aromatic rings. The van der Waals surface area contributed by atoms with E-state index in [0.29, 0.717) is 0 Å². The van der Waals surface area contributed by atoms with E-state index < -0.39 is 24.9 Å². The maximum absolute atomic E-state index is 11.7. The number of aliphatic hydroxyl groups is 1. The molecule has 0 bridgehead atoms. The van der Waals surface area contributed by atoms with E-state index in [1.54, 1.807) is 0 Å². The van der Waals surface area contributed by atoms with Crippen molar-refractivity contribution in [2.45, 2.75) is 24.9 Å². The lowest BCUT2D eigenvalue weighted by Crippen LogP contribution is -2.40. The molecule has 0 rings (SSSR count). The summed E-state index contributed by atoms with van der Waals surface area (Å²) in [5.74, 6) is 0. The Bertz CT molecular complexity index is 120. The Morgan fingerprint density at radius 1 is 1.00 bits per heavy atom. The predicted molar refractivity (Wildman–Crippen MR) is 23.0 cm³/mol. The molecule has 0 heterocycles. The molecule has 68 valence electrons. The maximum Gasteiger partial charge on any atom is 0.417 e. The molecule has 0 spiro atoms. The Morgan fingerprint density at radius 3 is 1.45 bits per heavy atom. The Balaban J connectivity index is 4.13. The van der Waals surface area contributed by atoms with E-state index in [1.165, 1.54) is 0 Å². The van der Waals surface area contributed by atoms with Gasteiger partial charge in [0.2, 0.25) is 0 Å². The molecule has 0 aliphatic carbocycles. The van der Waals surface area contributed by atoms with Crippen LogP contribution in [0.5, 0.6) is 0 Å². The van der Waals surface area contributed by atoms with Crippen molar-refractivity contribution in [2.24, 2.45) is 0 Å². The normalized spacial score (nSPS) is 18.5. The molecule has 0 saturated carbocycles. The van der Waals surface area contributed by atoms with Crippen molar-refractivity contribution in [3.05, 3.63) is 0 Å². The number of halogens is 6. The summed E-state index contributed by atoms with van der Waals surface area (Å²) in [4.78, 5) is 0. The van der Waals surface area contributed by atoms with Gasteiger partial charge >= 0.3 is 6.18 Å². The third kappa shape index (κ3) is 2.96. The van der Waals surface area contributed by atoms with E-state index in [2.05, 4.69) is 0 Å². The molecule has 0 aliphatic heterocycles. The molecule has 0 saturated heterocycles. The van der Waals surface area contributed by atoms with Crippen LogP contribution in [-0.4, -0.2) is 30.0 Å². The van der Waals surface area contributed by atoms with Crippen LogP contribution in [0, 0.1) is 0 Å². The molecule has 2 unspecified atom stereocenters. The lowest BCUT2D eigenvalue weighted by molar-refractivity contribution is -0.233. The standard InChI is InChI=1S/C4H4F6O/c5-1(3(6)7)2(11)4(8,9)10/h1-3,11H. The van der Waals surface area contributed by atoms with Crippen LogP contribution in [0.2, 0.25) is 0 Å². The van der Waals surface area contributed by atoms with Gasteiger partial charge in [-0.25, -0.2) is 13.2 Å². The van der Waals surface area contributed by atoms with Gasteiger partial charge in [0.1, 0.15) is 0 Å². The fourth-order valence-electron chi connectivity index (χ4n) is 0.318. The lowest BCUT2D eigenvalue weighted by Gasteiger charge is -2.17. The Morgan fingerprint density at radius 2 is 1.36 bits per heavy atom. The van der Waals surface area contributed by atoms with Crippen molar-refractivity contribution in [3.8, 4) is 0 Å². The van der Waals surface area contributed by atoms with Gasteiger partial charge in [-0.05, 0) is 0 Å². The van der Waals surface area contributed by atoms with E-state index >= 15 is 0 Å². The van der Waals surface area contributed by atoms with Gasteiger partial charge in [0, 0.05) is 0 Å². The van der Waals surface area contributed by atoms with E-state index in [9.17, 15) is 26.3 Å². The summed E-state index contributed by atoms with van der Waals surface area (Å²) in [5, 5.41) is 7.84. The van der Waals surface area contributed by atoms with Gasteiger partial charge in [-0.15, -0.1) is 0 Å². The molecule has 11 heavy (non-hydrogen) atoms. The molecule has 0 fully saturated rings. The lowest BCUT2D eigenvalue weighted by atomic mass is 10.2. The first-order chi connectivity index (χ1) is 4.76. The second-order valence-electron chi connectivity index (χ2n) is 1.77. The van der Waals surface area contributed by atoms with Crippen LogP contribution in [0.1, 0.15) is 0 Å². The van der Waals surface area contributed by atoms with Gasteiger partial charge in [-0.2, -0.15) is 13.2 Å². The maximum atomic E-state index is 11.7. The third-order valence-electron chi connectivity index (χ3n) is 0.878. The van der Waals surface area contributed by atoms with Crippen molar-refractivity contribution in [1.29, 1.82) is 0 Å². The largest absolute Gasteiger partial charge is 0.417 e. The second kappa shape index (κ2) is 3.29. The Labute approximate surface area is 57.6 Å². The minimum absolute atomic E-state index is 3.57. The van der Waals surface area contributed by atoms with Crippen LogP contribution in [-0.2, 0) is 0 Å². The van der Waals surface area contributed by atoms with Gasteiger partial charge in [-0.3, -0.25) is 0 Å². The van der Waals surface area contributed by atoms with E-state index in [4.69, 9.17) is 5.11 Å². The molecule has 0 aromatic carbocycles. The van der Waals surface area contributed by atoms with Crippen LogP contribution in [0.3, 0.4) is 0 Å². The third-order valence-corrected chi connectivity index (χ3v) is 0.878. The van der Waals surface area contributed by atoms with Gasteiger partial charge in [-0.1, -0.05) is 0 Å². The molecule has 0 amide bonds. The summed E-state index contributed by atoms with van der Waals surface area (Å²) < 4.78 is 67.8. The molecule has 1 nitrogen and oxygen atoms in total. The minimum Gasteiger partial charge on any atom is -0.381 e. The highest BCUT2D eigenvalue weighted by Crippen LogP contribution is 2.26. The fourth-order valence-corrected chi connectivity index (χ4v) is 0.318. The summed E-state index contributed by atoms with van der Waals surface area (Å²) in [7, 11) is 0. The van der Waals surface area contributed by atoms with Gasteiger partial charge in [0.05, 0.1) is 0 Å². The summed E-state index contributed by atoms with van der Waals surface area (Å²) in [5.41, 5.74) is 0. The zero-order chi connectivity index (χ0) is 9.23. The summed E-state index contributed by atoms with van der Waals surface area (Å²) in [6.45, 7) is 0. The quantitative estimate of drug-likeness (QED) is 0.641. The first kappa shape index (κ1) is 10.5. The van der Waals surface area contributed by atoms with Crippen LogP contribution >= 0.6 is 0 Å². The van der Waals surface area contributed by atoms with Gasteiger partial charge < -0.3 is 5.11 Å². The predicted octanol–water partition coefficient (Wildman–Crippen LogP) is 1.51. The average molecular weight is 182 g/mol. The summed E-state index contributed by atoms with van der Waals surface area (Å²) >= 11 is 0. The molecular formula is C4H4F6O. The van der Waals surface area contributed by atoms with Gasteiger partial charge in [0.15, 0.2) is 12.3 Å². The minimum atomic E-state index is -5.34. The zero-order valence-electron chi connectivity index (χ0n) is 4.95. The highest BCUT2D eigenvalue weighted by Gasteiger charge is 2.47. The molecule has 7 heteroatoms. The molecule has 0 radical (unpaired) electrons. The number of aliphatic hydroxyl groups excluding tert-OH is 1. The molecular weight excluding hydrogens is 178 g/mol. The highest BCUT2D eigenvalue weighted by molar-refractivity contribution is 4.76. The van der Waals surface area contributed by atoms with Crippen molar-refractivity contribution in [3.63, 3.8) is 0 Å². The summed E-state index contributed by atoms with van der Waals surface area (Å²) in [6.07, 6.45) is -16.3. The topological polar surface area (TPSA) is 20.2 Å². The van der Waals surface area contributed by atoms with Crippen LogP contribution in [0.4, 0.5) is 26.3 Å².